The monoisotopic (exact) mass is 310 g/mol. The number of carbonyl (C=O) groups excluding carboxylic acids is 1. The van der Waals surface area contributed by atoms with Gasteiger partial charge in [0, 0.05) is 24.1 Å². The maximum atomic E-state index is 11.8. The van der Waals surface area contributed by atoms with Gasteiger partial charge in [-0.05, 0) is 50.4 Å². The second kappa shape index (κ2) is 5.93. The van der Waals surface area contributed by atoms with Crippen LogP contribution in [0.3, 0.4) is 0 Å². The van der Waals surface area contributed by atoms with E-state index in [1.165, 1.54) is 19.8 Å². The lowest BCUT2D eigenvalue weighted by Gasteiger charge is -2.48. The van der Waals surface area contributed by atoms with Crippen LogP contribution < -0.4 is 0 Å². The highest BCUT2D eigenvalue weighted by atomic mass is 16.5. The van der Waals surface area contributed by atoms with Gasteiger partial charge in [0.1, 0.15) is 6.10 Å². The van der Waals surface area contributed by atoms with Crippen LogP contribution in [-0.2, 0) is 9.53 Å². The molecule has 1 aromatic heterocycles. The Hall–Kier alpha value is -1.94. The van der Waals surface area contributed by atoms with Crippen molar-refractivity contribution in [3.8, 4) is 0 Å². The number of hydrogen-bond donors (Lipinski definition) is 0. The molecule has 5 rings (SSSR count). The molecule has 2 atom stereocenters. The Balaban J connectivity index is 1.77. The molecule has 23 heavy (non-hydrogen) atoms. The zero-order valence-electron chi connectivity index (χ0n) is 13.4. The molecule has 1 aromatic carbocycles. The first-order valence-electron chi connectivity index (χ1n) is 8.47. The standard InChI is InChI=1S/C19H22N2O2/c1-13(22)23-19(18-12-14-7-10-21(18)11-8-14)16-6-9-20-17-5-3-2-4-15(16)17/h2-6,9,14,18-19H,7-8,10-12H2,1H3/t18-,19-/m1/s1. The van der Waals surface area contributed by atoms with Crippen LogP contribution in [0.4, 0.5) is 0 Å². The van der Waals surface area contributed by atoms with Gasteiger partial charge in [-0.3, -0.25) is 14.7 Å². The minimum absolute atomic E-state index is 0.205. The average Bonchev–Trinajstić information content (AvgIpc) is 2.60. The van der Waals surface area contributed by atoms with E-state index in [-0.39, 0.29) is 18.1 Å². The molecule has 0 unspecified atom stereocenters. The summed E-state index contributed by atoms with van der Waals surface area (Å²) in [6.07, 6.45) is 5.29. The third-order valence-electron chi connectivity index (χ3n) is 5.32. The number of benzene rings is 1. The van der Waals surface area contributed by atoms with E-state index in [1.54, 1.807) is 0 Å². The lowest BCUT2D eigenvalue weighted by Crippen LogP contribution is -2.51. The first-order valence-corrected chi connectivity index (χ1v) is 8.47. The SMILES string of the molecule is CC(=O)O[C@H](c1ccnc2ccccc12)[C@H]1CC2CCN1CC2. The number of pyridine rings is 1. The van der Waals surface area contributed by atoms with Crippen LogP contribution in [-0.4, -0.2) is 35.0 Å². The molecule has 2 aromatic rings. The maximum Gasteiger partial charge on any atom is 0.303 e. The van der Waals surface area contributed by atoms with E-state index in [0.717, 1.165) is 41.9 Å². The molecule has 0 aliphatic carbocycles. The average molecular weight is 310 g/mol. The van der Waals surface area contributed by atoms with Gasteiger partial charge in [0.05, 0.1) is 11.6 Å². The molecule has 0 radical (unpaired) electrons. The van der Waals surface area contributed by atoms with Crippen molar-refractivity contribution in [2.24, 2.45) is 5.92 Å². The number of esters is 1. The molecular weight excluding hydrogens is 288 g/mol. The van der Waals surface area contributed by atoms with Crippen molar-refractivity contribution in [2.45, 2.75) is 38.3 Å². The fourth-order valence-corrected chi connectivity index (χ4v) is 4.22. The topological polar surface area (TPSA) is 42.4 Å². The summed E-state index contributed by atoms with van der Waals surface area (Å²) in [5.41, 5.74) is 2.04. The third kappa shape index (κ3) is 2.72. The molecule has 3 aliphatic rings. The van der Waals surface area contributed by atoms with E-state index in [2.05, 4.69) is 16.0 Å². The van der Waals surface area contributed by atoms with Crippen LogP contribution in [0.15, 0.2) is 36.5 Å². The van der Waals surface area contributed by atoms with Gasteiger partial charge in [0.2, 0.25) is 0 Å². The Morgan fingerprint density at radius 1 is 1.26 bits per heavy atom. The fraction of sp³-hybridized carbons (Fsp3) is 0.474. The smallest absolute Gasteiger partial charge is 0.303 e. The molecule has 120 valence electrons. The largest absolute Gasteiger partial charge is 0.456 e. The second-order valence-corrected chi connectivity index (χ2v) is 6.73. The maximum absolute atomic E-state index is 11.8. The number of nitrogens with zero attached hydrogens (tertiary/aromatic N) is 2. The van der Waals surface area contributed by atoms with Gasteiger partial charge in [0.15, 0.2) is 0 Å². The molecule has 3 saturated heterocycles. The number of para-hydroxylation sites is 1. The van der Waals surface area contributed by atoms with Crippen molar-refractivity contribution in [1.29, 1.82) is 0 Å². The number of ether oxygens (including phenoxy) is 1. The van der Waals surface area contributed by atoms with Crippen molar-refractivity contribution in [1.82, 2.24) is 9.88 Å². The number of piperidine rings is 3. The number of carbonyl (C=O) groups is 1. The lowest BCUT2D eigenvalue weighted by molar-refractivity contribution is -0.153. The van der Waals surface area contributed by atoms with Gasteiger partial charge in [-0.1, -0.05) is 18.2 Å². The van der Waals surface area contributed by atoms with Crippen LogP contribution in [0.25, 0.3) is 10.9 Å². The van der Waals surface area contributed by atoms with Crippen LogP contribution in [0.2, 0.25) is 0 Å². The predicted octanol–water partition coefficient (Wildman–Crippen LogP) is 3.32. The van der Waals surface area contributed by atoms with Gasteiger partial charge in [-0.2, -0.15) is 0 Å². The number of rotatable bonds is 3. The third-order valence-corrected chi connectivity index (χ3v) is 5.32. The lowest BCUT2D eigenvalue weighted by atomic mass is 9.79. The predicted molar refractivity (Wildman–Crippen MR) is 89.0 cm³/mol. The van der Waals surface area contributed by atoms with E-state index < -0.39 is 0 Å². The summed E-state index contributed by atoms with van der Waals surface area (Å²) in [6.45, 7) is 3.75. The summed E-state index contributed by atoms with van der Waals surface area (Å²) in [4.78, 5) is 18.7. The number of aromatic nitrogens is 1. The summed E-state index contributed by atoms with van der Waals surface area (Å²) >= 11 is 0. The van der Waals surface area contributed by atoms with Crippen LogP contribution in [0.1, 0.15) is 37.9 Å². The van der Waals surface area contributed by atoms with E-state index in [1.807, 2.05) is 30.5 Å². The van der Waals surface area contributed by atoms with E-state index in [9.17, 15) is 4.79 Å². The molecular formula is C19H22N2O2. The Kier molecular flexibility index (Phi) is 3.77. The van der Waals surface area contributed by atoms with Gasteiger partial charge in [-0.25, -0.2) is 0 Å². The first-order chi connectivity index (χ1) is 11.2. The molecule has 3 fully saturated rings. The molecule has 3 aliphatic heterocycles. The van der Waals surface area contributed by atoms with E-state index in [0.29, 0.717) is 0 Å². The Labute approximate surface area is 136 Å². The Bertz CT molecular complexity index is 717. The zero-order chi connectivity index (χ0) is 15.8. The molecule has 0 saturated carbocycles. The van der Waals surface area contributed by atoms with Gasteiger partial charge >= 0.3 is 5.97 Å². The summed E-state index contributed by atoms with van der Waals surface area (Å²) in [5, 5.41) is 1.09. The zero-order valence-corrected chi connectivity index (χ0v) is 13.4. The highest BCUT2D eigenvalue weighted by molar-refractivity contribution is 5.82. The quantitative estimate of drug-likeness (QED) is 0.816. The van der Waals surface area contributed by atoms with E-state index in [4.69, 9.17) is 4.74 Å². The second-order valence-electron chi connectivity index (χ2n) is 6.73. The molecule has 4 heterocycles. The Morgan fingerprint density at radius 2 is 2.04 bits per heavy atom. The van der Waals surface area contributed by atoms with Crippen molar-refractivity contribution < 1.29 is 9.53 Å². The summed E-state index contributed by atoms with van der Waals surface area (Å²) in [6, 6.07) is 10.4. The molecule has 4 heteroatoms. The number of fused-ring (bicyclic) bond motifs is 4. The van der Waals surface area contributed by atoms with E-state index >= 15 is 0 Å². The van der Waals surface area contributed by atoms with Crippen LogP contribution in [0.5, 0.6) is 0 Å². The Morgan fingerprint density at radius 3 is 2.74 bits per heavy atom. The van der Waals surface area contributed by atoms with Crippen LogP contribution >= 0.6 is 0 Å². The van der Waals surface area contributed by atoms with Crippen molar-refractivity contribution in [2.75, 3.05) is 13.1 Å². The van der Waals surface area contributed by atoms with Gasteiger partial charge < -0.3 is 4.74 Å². The summed E-state index contributed by atoms with van der Waals surface area (Å²) in [7, 11) is 0. The molecule has 4 nitrogen and oxygen atoms in total. The fourth-order valence-electron chi connectivity index (χ4n) is 4.22. The van der Waals surface area contributed by atoms with Crippen LogP contribution in [0, 0.1) is 5.92 Å². The molecule has 2 bridgehead atoms. The first kappa shape index (κ1) is 14.6. The molecule has 0 spiro atoms. The molecule has 0 N–H and O–H groups in total. The minimum Gasteiger partial charge on any atom is -0.456 e. The normalized spacial score (nSPS) is 27.8. The van der Waals surface area contributed by atoms with Crippen molar-refractivity contribution >= 4 is 16.9 Å². The van der Waals surface area contributed by atoms with Gasteiger partial charge in [0.25, 0.3) is 0 Å². The molecule has 0 amide bonds. The van der Waals surface area contributed by atoms with Crippen molar-refractivity contribution in [3.63, 3.8) is 0 Å². The highest BCUT2D eigenvalue weighted by Gasteiger charge is 2.40. The van der Waals surface area contributed by atoms with Crippen molar-refractivity contribution in [3.05, 3.63) is 42.1 Å². The summed E-state index contributed by atoms with van der Waals surface area (Å²) in [5.74, 6) is 0.565. The minimum atomic E-state index is -0.210. The summed E-state index contributed by atoms with van der Waals surface area (Å²) < 4.78 is 5.83. The van der Waals surface area contributed by atoms with Gasteiger partial charge in [-0.15, -0.1) is 0 Å². The number of hydrogen-bond acceptors (Lipinski definition) is 4. The highest BCUT2D eigenvalue weighted by Crippen LogP contribution is 2.40.